The van der Waals surface area contributed by atoms with Crippen molar-refractivity contribution < 1.29 is 4.52 Å². The number of guanidine groups is 1. The number of hydrogen-bond acceptors (Lipinski definition) is 4. The summed E-state index contributed by atoms with van der Waals surface area (Å²) in [6.45, 7) is 9.97. The molecule has 0 radical (unpaired) electrons. The minimum Gasteiger partial charge on any atom is -0.356 e. The van der Waals surface area contributed by atoms with Crippen molar-refractivity contribution in [1.82, 2.24) is 20.8 Å². The highest BCUT2D eigenvalue weighted by molar-refractivity contribution is 14.0. The molecule has 128 valence electrons. The van der Waals surface area contributed by atoms with Gasteiger partial charge in [0.05, 0.1) is 6.54 Å². The summed E-state index contributed by atoms with van der Waals surface area (Å²) in [5, 5.41) is 10.3. The monoisotopic (exact) mass is 423 g/mol. The summed E-state index contributed by atoms with van der Waals surface area (Å²) < 4.78 is 5.06. The standard InChI is InChI=1S/C15H29N5O.HI/c1-6-7-8-9-15(3,4)11-18-14(16-5)17-10-13-19-12(2)20-21-13;/h6-11H2,1-5H3,(H2,16,17,18);1H. The molecule has 0 aromatic carbocycles. The van der Waals surface area contributed by atoms with Crippen molar-refractivity contribution in [2.75, 3.05) is 13.6 Å². The Bertz CT molecular complexity index is 445. The SMILES string of the molecule is CCCCCC(C)(C)CNC(=NC)NCc1nc(C)no1.I. The number of unbranched alkanes of at least 4 members (excludes halogenated alkanes) is 2. The number of nitrogens with one attached hydrogen (secondary N) is 2. The molecule has 0 atom stereocenters. The minimum atomic E-state index is 0. The Morgan fingerprint density at radius 1 is 1.27 bits per heavy atom. The van der Waals surface area contributed by atoms with Crippen molar-refractivity contribution >= 4 is 29.9 Å². The van der Waals surface area contributed by atoms with Crippen molar-refractivity contribution in [1.29, 1.82) is 0 Å². The van der Waals surface area contributed by atoms with E-state index in [2.05, 4.69) is 46.5 Å². The van der Waals surface area contributed by atoms with Crippen LogP contribution in [0, 0.1) is 12.3 Å². The van der Waals surface area contributed by atoms with E-state index in [0.29, 0.717) is 18.3 Å². The Kier molecular flexibility index (Phi) is 10.4. The number of hydrogen-bond donors (Lipinski definition) is 2. The Morgan fingerprint density at radius 2 is 2.00 bits per heavy atom. The van der Waals surface area contributed by atoms with E-state index in [-0.39, 0.29) is 29.4 Å². The van der Waals surface area contributed by atoms with E-state index in [1.807, 2.05) is 0 Å². The molecule has 22 heavy (non-hydrogen) atoms. The van der Waals surface area contributed by atoms with Gasteiger partial charge >= 0.3 is 0 Å². The summed E-state index contributed by atoms with van der Waals surface area (Å²) in [5.74, 6) is 1.97. The molecule has 0 spiro atoms. The molecule has 7 heteroatoms. The maximum absolute atomic E-state index is 5.06. The highest BCUT2D eigenvalue weighted by Crippen LogP contribution is 2.22. The van der Waals surface area contributed by atoms with Gasteiger partial charge in [-0.1, -0.05) is 45.2 Å². The third-order valence-corrected chi connectivity index (χ3v) is 3.39. The van der Waals surface area contributed by atoms with E-state index in [0.717, 1.165) is 12.5 Å². The average Bonchev–Trinajstić information content (AvgIpc) is 2.85. The third kappa shape index (κ3) is 8.55. The molecule has 0 fully saturated rings. The van der Waals surface area contributed by atoms with Gasteiger partial charge < -0.3 is 15.2 Å². The lowest BCUT2D eigenvalue weighted by Crippen LogP contribution is -2.41. The van der Waals surface area contributed by atoms with E-state index in [4.69, 9.17) is 4.52 Å². The topological polar surface area (TPSA) is 75.3 Å². The first-order valence-electron chi connectivity index (χ1n) is 7.70. The number of nitrogens with zero attached hydrogens (tertiary/aromatic N) is 3. The first-order valence-corrected chi connectivity index (χ1v) is 7.70. The van der Waals surface area contributed by atoms with Crippen molar-refractivity contribution in [3.8, 4) is 0 Å². The zero-order valence-electron chi connectivity index (χ0n) is 14.4. The molecule has 0 aliphatic carbocycles. The van der Waals surface area contributed by atoms with Crippen LogP contribution in [0.25, 0.3) is 0 Å². The Hall–Kier alpha value is -0.860. The van der Waals surface area contributed by atoms with Crippen molar-refractivity contribution in [2.24, 2.45) is 10.4 Å². The van der Waals surface area contributed by atoms with Gasteiger partial charge in [-0.2, -0.15) is 4.98 Å². The Balaban J connectivity index is 0.00000441. The predicted octanol–water partition coefficient (Wildman–Crippen LogP) is 3.27. The zero-order chi connectivity index (χ0) is 15.7. The molecule has 1 rings (SSSR count). The molecule has 1 heterocycles. The first kappa shape index (κ1) is 21.1. The lowest BCUT2D eigenvalue weighted by molar-refractivity contribution is 0.318. The molecule has 0 unspecified atom stereocenters. The normalized spacial score (nSPS) is 12.0. The summed E-state index contributed by atoms with van der Waals surface area (Å²) in [6, 6.07) is 0. The second kappa shape index (κ2) is 10.8. The van der Waals surface area contributed by atoms with E-state index in [1.165, 1.54) is 25.7 Å². The molecule has 1 aromatic heterocycles. The van der Waals surface area contributed by atoms with Crippen LogP contribution < -0.4 is 10.6 Å². The van der Waals surface area contributed by atoms with Crippen LogP contribution in [0.4, 0.5) is 0 Å². The largest absolute Gasteiger partial charge is 0.356 e. The predicted molar refractivity (Wildman–Crippen MR) is 101 cm³/mol. The average molecular weight is 423 g/mol. The van der Waals surface area contributed by atoms with E-state index < -0.39 is 0 Å². The van der Waals surface area contributed by atoms with Crippen LogP contribution in [-0.4, -0.2) is 29.7 Å². The fourth-order valence-electron chi connectivity index (χ4n) is 2.06. The van der Waals surface area contributed by atoms with E-state index in [9.17, 15) is 0 Å². The summed E-state index contributed by atoms with van der Waals surface area (Å²) in [7, 11) is 1.76. The molecule has 1 aromatic rings. The maximum atomic E-state index is 5.06. The fraction of sp³-hybridized carbons (Fsp3) is 0.800. The minimum absolute atomic E-state index is 0. The number of aryl methyl sites for hydroxylation is 1. The van der Waals surface area contributed by atoms with Crippen LogP contribution in [0.2, 0.25) is 0 Å². The Morgan fingerprint density at radius 3 is 2.55 bits per heavy atom. The maximum Gasteiger partial charge on any atom is 0.246 e. The summed E-state index contributed by atoms with van der Waals surface area (Å²) >= 11 is 0. The number of aliphatic imine (C=N–C) groups is 1. The van der Waals surface area contributed by atoms with Gasteiger partial charge in [0.1, 0.15) is 0 Å². The Labute approximate surface area is 150 Å². The van der Waals surface area contributed by atoms with Gasteiger partial charge in [-0.25, -0.2) is 0 Å². The van der Waals surface area contributed by atoms with Gasteiger partial charge in [-0.05, 0) is 18.8 Å². The molecular formula is C15H30IN5O. The van der Waals surface area contributed by atoms with Gasteiger partial charge in [0.2, 0.25) is 5.89 Å². The first-order chi connectivity index (χ1) is 9.96. The zero-order valence-corrected chi connectivity index (χ0v) is 16.7. The fourth-order valence-corrected chi connectivity index (χ4v) is 2.06. The third-order valence-electron chi connectivity index (χ3n) is 3.39. The second-order valence-corrected chi connectivity index (χ2v) is 6.14. The lowest BCUT2D eigenvalue weighted by Gasteiger charge is -2.26. The van der Waals surface area contributed by atoms with Gasteiger partial charge in [-0.15, -0.1) is 24.0 Å². The van der Waals surface area contributed by atoms with E-state index in [1.54, 1.807) is 14.0 Å². The van der Waals surface area contributed by atoms with Crippen molar-refractivity contribution in [2.45, 2.75) is 59.9 Å². The molecule has 0 amide bonds. The molecule has 0 aliphatic heterocycles. The molecule has 0 aliphatic rings. The summed E-state index contributed by atoms with van der Waals surface area (Å²) in [5.41, 5.74) is 0.258. The highest BCUT2D eigenvalue weighted by atomic mass is 127. The molecule has 0 saturated carbocycles. The second-order valence-electron chi connectivity index (χ2n) is 6.14. The number of halogens is 1. The molecule has 6 nitrogen and oxygen atoms in total. The van der Waals surface area contributed by atoms with Gasteiger partial charge in [0, 0.05) is 13.6 Å². The highest BCUT2D eigenvalue weighted by Gasteiger charge is 2.17. The summed E-state index contributed by atoms with van der Waals surface area (Å²) in [4.78, 5) is 8.37. The molecule has 0 bridgehead atoms. The lowest BCUT2D eigenvalue weighted by atomic mass is 9.87. The van der Waals surface area contributed by atoms with Crippen LogP contribution in [0.15, 0.2) is 9.52 Å². The van der Waals surface area contributed by atoms with Crippen LogP contribution >= 0.6 is 24.0 Å². The van der Waals surface area contributed by atoms with E-state index >= 15 is 0 Å². The quantitative estimate of drug-likeness (QED) is 0.291. The van der Waals surface area contributed by atoms with Crippen molar-refractivity contribution in [3.63, 3.8) is 0 Å². The van der Waals surface area contributed by atoms with Crippen LogP contribution in [0.3, 0.4) is 0 Å². The molecular weight excluding hydrogens is 393 g/mol. The number of aromatic nitrogens is 2. The van der Waals surface area contributed by atoms with Crippen LogP contribution in [0.5, 0.6) is 0 Å². The molecule has 0 saturated heterocycles. The number of rotatable bonds is 8. The van der Waals surface area contributed by atoms with Crippen LogP contribution in [0.1, 0.15) is 58.2 Å². The van der Waals surface area contributed by atoms with Crippen LogP contribution in [-0.2, 0) is 6.54 Å². The van der Waals surface area contributed by atoms with Gasteiger partial charge in [0.15, 0.2) is 11.8 Å². The van der Waals surface area contributed by atoms with Gasteiger partial charge in [-0.3, -0.25) is 4.99 Å². The van der Waals surface area contributed by atoms with Crippen molar-refractivity contribution in [3.05, 3.63) is 11.7 Å². The smallest absolute Gasteiger partial charge is 0.246 e. The van der Waals surface area contributed by atoms with Gasteiger partial charge in [0.25, 0.3) is 0 Å². The molecule has 2 N–H and O–H groups in total. The summed E-state index contributed by atoms with van der Waals surface area (Å²) in [6.07, 6.45) is 5.05.